The van der Waals surface area contributed by atoms with E-state index in [0.717, 1.165) is 16.7 Å². The molecule has 28 heavy (non-hydrogen) atoms. The maximum absolute atomic E-state index is 13.0. The predicted molar refractivity (Wildman–Crippen MR) is 106 cm³/mol. The number of hydrogen-bond acceptors (Lipinski definition) is 4. The van der Waals surface area contributed by atoms with Crippen LogP contribution in [0.1, 0.15) is 44.4 Å². The number of rotatable bonds is 5. The number of fused-ring (bicyclic) bond motifs is 2. The van der Waals surface area contributed by atoms with Gasteiger partial charge in [-0.2, -0.15) is 0 Å². The van der Waals surface area contributed by atoms with E-state index in [2.05, 4.69) is 0 Å². The molecule has 0 N–H and O–H groups in total. The molecule has 3 aromatic rings. The monoisotopic (exact) mass is 373 g/mol. The molecule has 0 amide bonds. The van der Waals surface area contributed by atoms with Crippen molar-refractivity contribution in [2.24, 2.45) is 0 Å². The van der Waals surface area contributed by atoms with Crippen molar-refractivity contribution in [2.75, 3.05) is 13.7 Å². The van der Waals surface area contributed by atoms with Crippen molar-refractivity contribution >= 4 is 5.78 Å². The van der Waals surface area contributed by atoms with E-state index < -0.39 is 5.92 Å². The van der Waals surface area contributed by atoms with Gasteiger partial charge in [-0.1, -0.05) is 66.7 Å². The molecular weight excluding hydrogens is 354 g/mol. The van der Waals surface area contributed by atoms with Gasteiger partial charge >= 0.3 is 0 Å². The SMILES string of the molecule is COc1ccccc1[C@@H](C[N+](=O)[O-])C1c2ccccc2C(=O)c2ccccc21. The molecule has 4 rings (SSSR count). The Labute approximate surface area is 162 Å². The summed E-state index contributed by atoms with van der Waals surface area (Å²) in [4.78, 5) is 24.3. The number of ketones is 1. The summed E-state index contributed by atoms with van der Waals surface area (Å²) in [6.07, 6.45) is 0. The Balaban J connectivity index is 1.98. The van der Waals surface area contributed by atoms with Crippen LogP contribution in [0.15, 0.2) is 72.8 Å². The van der Waals surface area contributed by atoms with E-state index >= 15 is 0 Å². The molecule has 0 aliphatic heterocycles. The lowest BCUT2D eigenvalue weighted by Gasteiger charge is -2.32. The van der Waals surface area contributed by atoms with Crippen molar-refractivity contribution in [1.29, 1.82) is 0 Å². The fourth-order valence-electron chi connectivity index (χ4n) is 4.21. The topological polar surface area (TPSA) is 69.4 Å². The molecule has 1 aliphatic rings. The fraction of sp³-hybridized carbons (Fsp3) is 0.174. The lowest BCUT2D eigenvalue weighted by Crippen LogP contribution is -2.28. The van der Waals surface area contributed by atoms with E-state index in [0.29, 0.717) is 16.9 Å². The van der Waals surface area contributed by atoms with Gasteiger partial charge in [0.05, 0.1) is 13.0 Å². The molecule has 0 heterocycles. The van der Waals surface area contributed by atoms with Crippen LogP contribution < -0.4 is 4.74 Å². The Morgan fingerprint density at radius 2 is 1.46 bits per heavy atom. The molecular formula is C23H19NO4. The highest BCUT2D eigenvalue weighted by molar-refractivity contribution is 6.12. The minimum Gasteiger partial charge on any atom is -0.496 e. The van der Waals surface area contributed by atoms with Crippen LogP contribution in [-0.2, 0) is 0 Å². The van der Waals surface area contributed by atoms with Crippen molar-refractivity contribution in [3.05, 3.63) is 111 Å². The zero-order valence-electron chi connectivity index (χ0n) is 15.4. The molecule has 1 aliphatic carbocycles. The normalized spacial score (nSPS) is 14.1. The van der Waals surface area contributed by atoms with Crippen molar-refractivity contribution < 1.29 is 14.5 Å². The first-order valence-corrected chi connectivity index (χ1v) is 9.09. The van der Waals surface area contributed by atoms with Crippen LogP contribution >= 0.6 is 0 Å². The van der Waals surface area contributed by atoms with Gasteiger partial charge in [0.1, 0.15) is 5.75 Å². The van der Waals surface area contributed by atoms with E-state index in [4.69, 9.17) is 4.74 Å². The largest absolute Gasteiger partial charge is 0.496 e. The standard InChI is InChI=1S/C23H19NO4/c1-28-21-13-7-6-8-15(21)20(14-24(26)27)22-16-9-2-4-11-18(16)23(25)19-12-5-3-10-17(19)22/h2-13,20,22H,14H2,1H3/t20-/m1/s1. The first kappa shape index (κ1) is 17.9. The second-order valence-electron chi connectivity index (χ2n) is 6.85. The summed E-state index contributed by atoms with van der Waals surface area (Å²) in [5, 5.41) is 11.6. The van der Waals surface area contributed by atoms with Gasteiger partial charge in [-0.3, -0.25) is 14.9 Å². The van der Waals surface area contributed by atoms with Crippen molar-refractivity contribution in [3.63, 3.8) is 0 Å². The third-order valence-corrected chi connectivity index (χ3v) is 5.37. The number of benzene rings is 3. The zero-order valence-corrected chi connectivity index (χ0v) is 15.4. The van der Waals surface area contributed by atoms with Crippen molar-refractivity contribution in [3.8, 4) is 5.75 Å². The quantitative estimate of drug-likeness (QED) is 0.490. The summed E-state index contributed by atoms with van der Waals surface area (Å²) in [7, 11) is 1.56. The number of nitrogens with zero attached hydrogens (tertiary/aromatic N) is 1. The van der Waals surface area contributed by atoms with Crippen LogP contribution in [0.5, 0.6) is 5.75 Å². The van der Waals surface area contributed by atoms with Crippen LogP contribution in [0, 0.1) is 10.1 Å². The smallest absolute Gasteiger partial charge is 0.211 e. The van der Waals surface area contributed by atoms with Gasteiger partial charge in [-0.05, 0) is 17.2 Å². The zero-order chi connectivity index (χ0) is 19.7. The van der Waals surface area contributed by atoms with Crippen molar-refractivity contribution in [2.45, 2.75) is 11.8 Å². The van der Waals surface area contributed by atoms with Gasteiger partial charge in [-0.25, -0.2) is 0 Å². The fourth-order valence-corrected chi connectivity index (χ4v) is 4.21. The molecule has 0 aromatic heterocycles. The maximum Gasteiger partial charge on any atom is 0.211 e. The third-order valence-electron chi connectivity index (χ3n) is 5.37. The van der Waals surface area contributed by atoms with Gasteiger partial charge in [0, 0.05) is 27.5 Å². The first-order chi connectivity index (χ1) is 13.6. The summed E-state index contributed by atoms with van der Waals surface area (Å²) in [6.45, 7) is -0.262. The molecule has 0 saturated carbocycles. The summed E-state index contributed by atoms with van der Waals surface area (Å²) in [6, 6.07) is 22.2. The molecule has 140 valence electrons. The van der Waals surface area contributed by atoms with Crippen LogP contribution in [0.2, 0.25) is 0 Å². The molecule has 3 aromatic carbocycles. The van der Waals surface area contributed by atoms with E-state index in [-0.39, 0.29) is 23.2 Å². The summed E-state index contributed by atoms with van der Waals surface area (Å²) in [5.74, 6) is -0.211. The van der Waals surface area contributed by atoms with E-state index in [1.807, 2.05) is 60.7 Å². The molecule has 0 unspecified atom stereocenters. The van der Waals surface area contributed by atoms with Crippen LogP contribution in [0.25, 0.3) is 0 Å². The number of carbonyl (C=O) groups is 1. The summed E-state index contributed by atoms with van der Waals surface area (Å²) >= 11 is 0. The number of hydrogen-bond donors (Lipinski definition) is 0. The van der Waals surface area contributed by atoms with Crippen LogP contribution in [0.4, 0.5) is 0 Å². The number of ether oxygens (including phenoxy) is 1. The average Bonchev–Trinajstić information content (AvgIpc) is 2.73. The van der Waals surface area contributed by atoms with E-state index in [1.165, 1.54) is 0 Å². The Hall–Kier alpha value is -3.47. The number of carbonyl (C=O) groups excluding carboxylic acids is 1. The lowest BCUT2D eigenvalue weighted by molar-refractivity contribution is -0.483. The molecule has 0 fully saturated rings. The number of nitro groups is 1. The third kappa shape index (κ3) is 2.95. The maximum atomic E-state index is 13.0. The van der Waals surface area contributed by atoms with Crippen LogP contribution in [-0.4, -0.2) is 24.4 Å². The van der Waals surface area contributed by atoms with Crippen molar-refractivity contribution in [1.82, 2.24) is 0 Å². The van der Waals surface area contributed by atoms with Gasteiger partial charge < -0.3 is 4.74 Å². The second kappa shape index (κ2) is 7.27. The minimum atomic E-state index is -0.471. The van der Waals surface area contributed by atoms with Gasteiger partial charge in [0.15, 0.2) is 5.78 Å². The summed E-state index contributed by atoms with van der Waals surface area (Å²) in [5.41, 5.74) is 3.63. The van der Waals surface area contributed by atoms with Gasteiger partial charge in [0.25, 0.3) is 0 Å². The highest BCUT2D eigenvalue weighted by atomic mass is 16.6. The summed E-state index contributed by atoms with van der Waals surface area (Å²) < 4.78 is 5.51. The molecule has 0 spiro atoms. The highest BCUT2D eigenvalue weighted by Crippen LogP contribution is 2.46. The lowest BCUT2D eigenvalue weighted by atomic mass is 9.69. The Kier molecular flexibility index (Phi) is 4.65. The van der Waals surface area contributed by atoms with Gasteiger partial charge in [-0.15, -0.1) is 0 Å². The molecule has 0 saturated heterocycles. The molecule has 0 bridgehead atoms. The Bertz CT molecular complexity index is 1010. The van der Waals surface area contributed by atoms with Crippen LogP contribution in [0.3, 0.4) is 0 Å². The Morgan fingerprint density at radius 3 is 2.04 bits per heavy atom. The number of para-hydroxylation sites is 1. The Morgan fingerprint density at radius 1 is 0.929 bits per heavy atom. The number of methoxy groups -OCH3 is 1. The first-order valence-electron chi connectivity index (χ1n) is 9.09. The molecule has 0 radical (unpaired) electrons. The van der Waals surface area contributed by atoms with E-state index in [9.17, 15) is 14.9 Å². The van der Waals surface area contributed by atoms with Gasteiger partial charge in [0.2, 0.25) is 6.54 Å². The predicted octanol–water partition coefficient (Wildman–Crippen LogP) is 4.43. The molecule has 5 heteroatoms. The van der Waals surface area contributed by atoms with E-state index in [1.54, 1.807) is 19.2 Å². The molecule has 5 nitrogen and oxygen atoms in total. The second-order valence-corrected chi connectivity index (χ2v) is 6.85. The molecule has 1 atom stereocenters. The minimum absolute atomic E-state index is 0.0395. The average molecular weight is 373 g/mol. The highest BCUT2D eigenvalue weighted by Gasteiger charge is 2.39.